The Morgan fingerprint density at radius 1 is 0.583 bits per heavy atom. The number of benzene rings is 3. The second kappa shape index (κ2) is 14.1. The van der Waals surface area contributed by atoms with Gasteiger partial charge in [-0.1, -0.05) is 75.2 Å². The third-order valence-electron chi connectivity index (χ3n) is 5.79. The van der Waals surface area contributed by atoms with Crippen LogP contribution in [0.25, 0.3) is 22.3 Å². The van der Waals surface area contributed by atoms with Crippen LogP contribution in [0.4, 0.5) is 0 Å². The number of hydrogen-bond acceptors (Lipinski definition) is 4. The first-order chi connectivity index (χ1) is 17.4. The summed E-state index contributed by atoms with van der Waals surface area (Å²) < 4.78 is 10.6. The molecule has 4 nitrogen and oxygen atoms in total. The first kappa shape index (κ1) is 27.8. The SMILES string of the molecule is CCC[C@H](Cl)COC(=O)c1ccc(-c2ccc(-c3ccc(C(=O)OC[C@@H](Cl)CCC)cc3)cc2)cc1. The molecule has 0 radical (unpaired) electrons. The van der Waals surface area contributed by atoms with Gasteiger partial charge in [-0.25, -0.2) is 9.59 Å². The monoisotopic (exact) mass is 526 g/mol. The van der Waals surface area contributed by atoms with Gasteiger partial charge in [-0.3, -0.25) is 0 Å². The van der Waals surface area contributed by atoms with Crippen molar-refractivity contribution in [2.45, 2.75) is 50.3 Å². The molecule has 0 spiro atoms. The summed E-state index contributed by atoms with van der Waals surface area (Å²) in [7, 11) is 0. The largest absolute Gasteiger partial charge is 0.461 e. The summed E-state index contributed by atoms with van der Waals surface area (Å²) in [5.74, 6) is -0.733. The zero-order valence-corrected chi connectivity index (χ0v) is 22.2. The first-order valence-corrected chi connectivity index (χ1v) is 13.2. The summed E-state index contributed by atoms with van der Waals surface area (Å²) in [4.78, 5) is 24.5. The zero-order chi connectivity index (χ0) is 25.9. The van der Waals surface area contributed by atoms with Gasteiger partial charge in [0.05, 0.1) is 21.9 Å². The normalized spacial score (nSPS) is 12.6. The number of carbonyl (C=O) groups is 2. The number of ether oxygens (including phenoxy) is 2. The number of carbonyl (C=O) groups excluding carboxylic acids is 2. The predicted molar refractivity (Wildman–Crippen MR) is 147 cm³/mol. The second-order valence-electron chi connectivity index (χ2n) is 8.70. The molecule has 0 amide bonds. The number of esters is 2. The Labute approximate surface area is 223 Å². The van der Waals surface area contributed by atoms with E-state index in [1.807, 2.05) is 62.4 Å². The molecule has 0 bridgehead atoms. The van der Waals surface area contributed by atoms with Crippen LogP contribution in [0.3, 0.4) is 0 Å². The van der Waals surface area contributed by atoms with Gasteiger partial charge in [-0.2, -0.15) is 0 Å². The van der Waals surface area contributed by atoms with Gasteiger partial charge in [0, 0.05) is 0 Å². The van der Waals surface area contributed by atoms with Crippen LogP contribution < -0.4 is 0 Å². The molecular weight excluding hydrogens is 495 g/mol. The molecule has 0 aliphatic heterocycles. The Morgan fingerprint density at radius 3 is 1.14 bits per heavy atom. The van der Waals surface area contributed by atoms with Crippen LogP contribution in [-0.2, 0) is 9.47 Å². The van der Waals surface area contributed by atoms with Crippen molar-refractivity contribution in [3.63, 3.8) is 0 Å². The molecule has 6 heteroatoms. The van der Waals surface area contributed by atoms with Gasteiger partial charge in [0.1, 0.15) is 13.2 Å². The molecule has 0 N–H and O–H groups in total. The van der Waals surface area contributed by atoms with Crippen molar-refractivity contribution in [1.82, 2.24) is 0 Å². The van der Waals surface area contributed by atoms with E-state index in [0.717, 1.165) is 47.9 Å². The Bertz CT molecular complexity index is 1020. The minimum atomic E-state index is -0.366. The molecule has 3 rings (SSSR count). The van der Waals surface area contributed by atoms with Gasteiger partial charge in [-0.05, 0) is 59.4 Å². The van der Waals surface area contributed by atoms with Crippen molar-refractivity contribution < 1.29 is 19.1 Å². The van der Waals surface area contributed by atoms with E-state index in [0.29, 0.717) is 11.1 Å². The van der Waals surface area contributed by atoms with Crippen LogP contribution in [0.2, 0.25) is 0 Å². The smallest absolute Gasteiger partial charge is 0.338 e. The maximum Gasteiger partial charge on any atom is 0.338 e. The lowest BCUT2D eigenvalue weighted by molar-refractivity contribution is 0.0493. The van der Waals surface area contributed by atoms with Gasteiger partial charge in [0.25, 0.3) is 0 Å². The quantitative estimate of drug-likeness (QED) is 0.176. The molecule has 190 valence electrons. The van der Waals surface area contributed by atoms with Gasteiger partial charge < -0.3 is 9.47 Å². The Morgan fingerprint density at radius 2 is 0.861 bits per heavy atom. The lowest BCUT2D eigenvalue weighted by Gasteiger charge is -2.10. The number of alkyl halides is 2. The molecule has 0 aromatic heterocycles. The standard InChI is InChI=1S/C30H32Cl2O4/c1-3-5-27(31)19-35-29(33)25-15-11-23(12-16-25)21-7-9-22(10-8-21)24-13-17-26(18-14-24)30(34)36-20-28(32)6-4-2/h7-18,27-28H,3-6,19-20H2,1-2H3/t27-,28-/m0/s1. The minimum Gasteiger partial charge on any atom is -0.461 e. The fraction of sp³-hybridized carbons (Fsp3) is 0.333. The molecule has 0 saturated carbocycles. The summed E-state index contributed by atoms with van der Waals surface area (Å²) in [5.41, 5.74) is 5.06. The van der Waals surface area contributed by atoms with Gasteiger partial charge in [0.15, 0.2) is 0 Å². The average molecular weight is 527 g/mol. The summed E-state index contributed by atoms with van der Waals surface area (Å²) in [6.45, 7) is 4.52. The lowest BCUT2D eigenvalue weighted by atomic mass is 9.99. The molecule has 0 aliphatic rings. The molecule has 36 heavy (non-hydrogen) atoms. The van der Waals surface area contributed by atoms with Crippen LogP contribution in [0, 0.1) is 0 Å². The van der Waals surface area contributed by atoms with E-state index in [4.69, 9.17) is 32.7 Å². The van der Waals surface area contributed by atoms with Crippen molar-refractivity contribution in [1.29, 1.82) is 0 Å². The van der Waals surface area contributed by atoms with Crippen molar-refractivity contribution in [2.75, 3.05) is 13.2 Å². The fourth-order valence-electron chi connectivity index (χ4n) is 3.74. The van der Waals surface area contributed by atoms with Crippen molar-refractivity contribution >= 4 is 35.1 Å². The summed E-state index contributed by atoms with van der Waals surface area (Å²) >= 11 is 12.3. The zero-order valence-electron chi connectivity index (χ0n) is 20.7. The topological polar surface area (TPSA) is 52.6 Å². The molecule has 0 saturated heterocycles. The number of hydrogen-bond donors (Lipinski definition) is 0. The maximum absolute atomic E-state index is 12.2. The van der Waals surface area contributed by atoms with Crippen molar-refractivity contribution in [2.24, 2.45) is 0 Å². The van der Waals surface area contributed by atoms with E-state index in [2.05, 4.69) is 0 Å². The molecule has 0 heterocycles. The van der Waals surface area contributed by atoms with E-state index in [1.165, 1.54) is 0 Å². The van der Waals surface area contributed by atoms with E-state index in [9.17, 15) is 9.59 Å². The van der Waals surface area contributed by atoms with Crippen LogP contribution >= 0.6 is 23.2 Å². The van der Waals surface area contributed by atoms with Gasteiger partial charge in [0.2, 0.25) is 0 Å². The molecular formula is C30H32Cl2O4. The highest BCUT2D eigenvalue weighted by Gasteiger charge is 2.12. The second-order valence-corrected chi connectivity index (χ2v) is 9.94. The molecule has 3 aromatic rings. The molecule has 0 fully saturated rings. The third-order valence-corrected chi connectivity index (χ3v) is 6.48. The number of rotatable bonds is 12. The van der Waals surface area contributed by atoms with Crippen LogP contribution in [0.5, 0.6) is 0 Å². The fourth-order valence-corrected chi connectivity index (χ4v) is 4.31. The van der Waals surface area contributed by atoms with E-state index >= 15 is 0 Å². The average Bonchev–Trinajstić information content (AvgIpc) is 2.91. The van der Waals surface area contributed by atoms with E-state index in [1.54, 1.807) is 24.3 Å². The van der Waals surface area contributed by atoms with Crippen molar-refractivity contribution in [3.05, 3.63) is 83.9 Å². The Hall–Kier alpha value is -2.82. The Balaban J connectivity index is 1.59. The highest BCUT2D eigenvalue weighted by atomic mass is 35.5. The molecule has 2 atom stereocenters. The molecule has 0 aliphatic carbocycles. The van der Waals surface area contributed by atoms with Crippen molar-refractivity contribution in [3.8, 4) is 22.3 Å². The maximum atomic E-state index is 12.2. The third kappa shape index (κ3) is 8.11. The van der Waals surface area contributed by atoms with Crippen LogP contribution in [0.15, 0.2) is 72.8 Å². The molecule has 3 aromatic carbocycles. The minimum absolute atomic E-state index is 0.157. The highest BCUT2D eigenvalue weighted by molar-refractivity contribution is 6.21. The number of halogens is 2. The Kier molecular flexibility index (Phi) is 10.8. The lowest BCUT2D eigenvalue weighted by Crippen LogP contribution is -2.14. The van der Waals surface area contributed by atoms with Gasteiger partial charge >= 0.3 is 11.9 Å². The first-order valence-electron chi connectivity index (χ1n) is 12.3. The summed E-state index contributed by atoms with van der Waals surface area (Å²) in [6.07, 6.45) is 3.53. The predicted octanol–water partition coefficient (Wildman–Crippen LogP) is 8.15. The van der Waals surface area contributed by atoms with Gasteiger partial charge in [-0.15, -0.1) is 23.2 Å². The van der Waals surface area contributed by atoms with E-state index in [-0.39, 0.29) is 35.9 Å². The summed E-state index contributed by atoms with van der Waals surface area (Å²) in [5, 5.41) is -0.313. The van der Waals surface area contributed by atoms with E-state index < -0.39 is 0 Å². The van der Waals surface area contributed by atoms with Crippen LogP contribution in [0.1, 0.15) is 60.2 Å². The van der Waals surface area contributed by atoms with Crippen LogP contribution in [-0.4, -0.2) is 35.9 Å². The summed E-state index contributed by atoms with van der Waals surface area (Å²) in [6, 6.07) is 22.8. The highest BCUT2D eigenvalue weighted by Crippen LogP contribution is 2.26. The molecule has 0 unspecified atom stereocenters.